The van der Waals surface area contributed by atoms with E-state index < -0.39 is 6.29 Å². The molecule has 1 heterocycles. The van der Waals surface area contributed by atoms with Gasteiger partial charge in [-0.1, -0.05) is 17.7 Å². The van der Waals surface area contributed by atoms with Crippen molar-refractivity contribution >= 4 is 11.6 Å². The molecule has 0 spiro atoms. The van der Waals surface area contributed by atoms with Crippen LogP contribution in [0.15, 0.2) is 18.2 Å². The molecule has 5 heteroatoms. The third-order valence-corrected chi connectivity index (χ3v) is 2.56. The van der Waals surface area contributed by atoms with Gasteiger partial charge in [-0.05, 0) is 12.1 Å². The lowest BCUT2D eigenvalue weighted by Gasteiger charge is -2.11. The summed E-state index contributed by atoms with van der Waals surface area (Å²) in [6.07, 6.45) is -0.501. The monoisotopic (exact) mass is 229 g/mol. The summed E-state index contributed by atoms with van der Waals surface area (Å²) in [4.78, 5) is 0. The highest BCUT2D eigenvalue weighted by Gasteiger charge is 2.26. The van der Waals surface area contributed by atoms with Crippen LogP contribution < -0.4 is 5.73 Å². The summed E-state index contributed by atoms with van der Waals surface area (Å²) in [5.74, 6) is 0.0498. The minimum absolute atomic E-state index is 0.0498. The molecule has 0 aliphatic carbocycles. The van der Waals surface area contributed by atoms with Gasteiger partial charge in [-0.15, -0.1) is 0 Å². The highest BCUT2D eigenvalue weighted by atomic mass is 35.5. The summed E-state index contributed by atoms with van der Waals surface area (Å²) in [7, 11) is 0. The first-order valence-corrected chi connectivity index (χ1v) is 5.04. The SMILES string of the molecule is NCC1COC(c2ccc(O)c(Cl)c2)O1. The largest absolute Gasteiger partial charge is 0.506 e. The zero-order chi connectivity index (χ0) is 10.8. The number of hydrogen-bond acceptors (Lipinski definition) is 4. The average molecular weight is 230 g/mol. The molecule has 3 N–H and O–H groups in total. The first kappa shape index (κ1) is 10.7. The highest BCUT2D eigenvalue weighted by molar-refractivity contribution is 6.32. The van der Waals surface area contributed by atoms with Gasteiger partial charge in [-0.2, -0.15) is 0 Å². The Kier molecular flexibility index (Phi) is 3.11. The molecule has 1 saturated heterocycles. The van der Waals surface area contributed by atoms with E-state index in [-0.39, 0.29) is 16.9 Å². The average Bonchev–Trinajstić information content (AvgIpc) is 2.70. The maximum absolute atomic E-state index is 9.25. The van der Waals surface area contributed by atoms with Crippen molar-refractivity contribution in [3.05, 3.63) is 28.8 Å². The third-order valence-electron chi connectivity index (χ3n) is 2.26. The van der Waals surface area contributed by atoms with Gasteiger partial charge in [-0.3, -0.25) is 0 Å². The van der Waals surface area contributed by atoms with Crippen molar-refractivity contribution in [1.82, 2.24) is 0 Å². The lowest BCUT2D eigenvalue weighted by molar-refractivity contribution is -0.0585. The van der Waals surface area contributed by atoms with Crippen molar-refractivity contribution in [3.8, 4) is 5.75 Å². The molecule has 1 aromatic rings. The van der Waals surface area contributed by atoms with Crippen LogP contribution in [0, 0.1) is 0 Å². The number of phenols is 1. The maximum atomic E-state index is 9.25. The Bertz CT molecular complexity index is 359. The molecular formula is C10H12ClNO3. The van der Waals surface area contributed by atoms with Gasteiger partial charge in [0.05, 0.1) is 17.7 Å². The number of nitrogens with two attached hydrogens (primary N) is 1. The second kappa shape index (κ2) is 4.37. The van der Waals surface area contributed by atoms with Crippen LogP contribution in [0.1, 0.15) is 11.9 Å². The van der Waals surface area contributed by atoms with E-state index in [4.69, 9.17) is 26.8 Å². The summed E-state index contributed by atoms with van der Waals surface area (Å²) in [5.41, 5.74) is 6.24. The van der Waals surface area contributed by atoms with Gasteiger partial charge in [0.15, 0.2) is 6.29 Å². The molecule has 1 fully saturated rings. The maximum Gasteiger partial charge on any atom is 0.184 e. The van der Waals surface area contributed by atoms with Gasteiger partial charge in [0, 0.05) is 12.1 Å². The lowest BCUT2D eigenvalue weighted by Crippen LogP contribution is -2.21. The Morgan fingerprint density at radius 3 is 2.93 bits per heavy atom. The molecule has 0 saturated carbocycles. The topological polar surface area (TPSA) is 64.7 Å². The second-order valence-electron chi connectivity index (χ2n) is 3.37. The molecule has 2 rings (SSSR count). The zero-order valence-electron chi connectivity index (χ0n) is 8.02. The van der Waals surface area contributed by atoms with Crippen LogP contribution in [0.25, 0.3) is 0 Å². The Labute approximate surface area is 92.5 Å². The lowest BCUT2D eigenvalue weighted by atomic mass is 10.2. The molecule has 0 bridgehead atoms. The summed E-state index contributed by atoms with van der Waals surface area (Å²) in [5, 5.41) is 9.54. The van der Waals surface area contributed by atoms with E-state index in [9.17, 15) is 5.11 Å². The van der Waals surface area contributed by atoms with Crippen molar-refractivity contribution in [2.75, 3.05) is 13.2 Å². The Morgan fingerprint density at radius 1 is 1.53 bits per heavy atom. The van der Waals surface area contributed by atoms with Crippen molar-refractivity contribution < 1.29 is 14.6 Å². The van der Waals surface area contributed by atoms with Gasteiger partial charge in [0.2, 0.25) is 0 Å². The Hall–Kier alpha value is -0.810. The second-order valence-corrected chi connectivity index (χ2v) is 3.78. The van der Waals surface area contributed by atoms with Crippen LogP contribution in [-0.4, -0.2) is 24.4 Å². The van der Waals surface area contributed by atoms with E-state index >= 15 is 0 Å². The Balaban J connectivity index is 2.13. The molecule has 2 atom stereocenters. The number of rotatable bonds is 2. The summed E-state index contributed by atoms with van der Waals surface area (Å²) in [6.45, 7) is 0.919. The number of halogens is 1. The molecular weight excluding hydrogens is 218 g/mol. The number of aromatic hydroxyl groups is 1. The smallest absolute Gasteiger partial charge is 0.184 e. The van der Waals surface area contributed by atoms with Gasteiger partial charge in [0.1, 0.15) is 5.75 Å². The highest BCUT2D eigenvalue weighted by Crippen LogP contribution is 2.31. The van der Waals surface area contributed by atoms with E-state index in [1.165, 1.54) is 6.07 Å². The molecule has 1 aromatic carbocycles. The van der Waals surface area contributed by atoms with Crippen LogP contribution >= 0.6 is 11.6 Å². The van der Waals surface area contributed by atoms with E-state index in [1.54, 1.807) is 12.1 Å². The number of hydrogen-bond donors (Lipinski definition) is 2. The van der Waals surface area contributed by atoms with Gasteiger partial charge >= 0.3 is 0 Å². The minimum atomic E-state index is -0.434. The quantitative estimate of drug-likeness (QED) is 0.805. The minimum Gasteiger partial charge on any atom is -0.506 e. The van der Waals surface area contributed by atoms with E-state index in [2.05, 4.69) is 0 Å². The molecule has 0 aromatic heterocycles. The van der Waals surface area contributed by atoms with Crippen molar-refractivity contribution in [2.24, 2.45) is 5.73 Å². The number of benzene rings is 1. The van der Waals surface area contributed by atoms with Crippen LogP contribution in [0.3, 0.4) is 0 Å². The van der Waals surface area contributed by atoms with Crippen molar-refractivity contribution in [1.29, 1.82) is 0 Å². The third kappa shape index (κ3) is 2.23. The molecule has 0 amide bonds. The zero-order valence-corrected chi connectivity index (χ0v) is 8.78. The van der Waals surface area contributed by atoms with E-state index in [0.29, 0.717) is 13.2 Å². The van der Waals surface area contributed by atoms with Crippen LogP contribution in [0.5, 0.6) is 5.75 Å². The fraction of sp³-hybridized carbons (Fsp3) is 0.400. The number of phenolic OH excluding ortho intramolecular Hbond substituents is 1. The summed E-state index contributed by atoms with van der Waals surface area (Å²) < 4.78 is 10.9. The summed E-state index contributed by atoms with van der Waals surface area (Å²) >= 11 is 5.78. The van der Waals surface area contributed by atoms with Gasteiger partial charge in [0.25, 0.3) is 0 Å². The Morgan fingerprint density at radius 2 is 2.33 bits per heavy atom. The molecule has 82 valence electrons. The standard InChI is InChI=1S/C10H12ClNO3/c11-8-3-6(1-2-9(8)13)10-14-5-7(4-12)15-10/h1-3,7,10,13H,4-5,12H2. The summed E-state index contributed by atoms with van der Waals surface area (Å²) in [6, 6.07) is 4.85. The normalized spacial score (nSPS) is 25.7. The fourth-order valence-electron chi connectivity index (χ4n) is 1.42. The first-order valence-electron chi connectivity index (χ1n) is 4.66. The number of ether oxygens (including phenoxy) is 2. The van der Waals surface area contributed by atoms with Crippen LogP contribution in [-0.2, 0) is 9.47 Å². The van der Waals surface area contributed by atoms with E-state index in [0.717, 1.165) is 5.56 Å². The molecule has 0 radical (unpaired) electrons. The van der Waals surface area contributed by atoms with E-state index in [1.807, 2.05) is 0 Å². The fourth-order valence-corrected chi connectivity index (χ4v) is 1.61. The molecule has 15 heavy (non-hydrogen) atoms. The van der Waals surface area contributed by atoms with Gasteiger partial charge in [-0.25, -0.2) is 0 Å². The predicted molar refractivity (Wildman–Crippen MR) is 55.7 cm³/mol. The molecule has 1 aliphatic heterocycles. The van der Waals surface area contributed by atoms with Crippen molar-refractivity contribution in [2.45, 2.75) is 12.4 Å². The molecule has 4 nitrogen and oxygen atoms in total. The van der Waals surface area contributed by atoms with Crippen LogP contribution in [0.4, 0.5) is 0 Å². The van der Waals surface area contributed by atoms with Crippen LogP contribution in [0.2, 0.25) is 5.02 Å². The molecule has 1 aliphatic rings. The predicted octanol–water partition coefficient (Wildman–Crippen LogP) is 1.42. The first-order chi connectivity index (χ1) is 7.20. The van der Waals surface area contributed by atoms with Gasteiger partial charge < -0.3 is 20.3 Å². The van der Waals surface area contributed by atoms with Crippen molar-refractivity contribution in [3.63, 3.8) is 0 Å². The molecule has 2 unspecified atom stereocenters.